The molecular weight excluding hydrogens is 513 g/mol. The van der Waals surface area contributed by atoms with Crippen LogP contribution in [-0.2, 0) is 42.1 Å². The van der Waals surface area contributed by atoms with Crippen LogP contribution < -0.4 is 5.73 Å². The summed E-state index contributed by atoms with van der Waals surface area (Å²) in [5.41, 5.74) is 5.96. The molecule has 0 aliphatic heterocycles. The van der Waals surface area contributed by atoms with E-state index in [4.69, 9.17) is 38.5 Å². The van der Waals surface area contributed by atoms with Gasteiger partial charge in [-0.15, -0.1) is 4.76 Å². The SMILES string of the molecule is CCCOC(=O)OC(OP(=O)(/N=C(\N)N(C)CC(=O)OCC)OC(OC(=O)OCCC)C(C)C)C(C)C. The van der Waals surface area contributed by atoms with Gasteiger partial charge in [0.1, 0.15) is 6.54 Å². The lowest BCUT2D eigenvalue weighted by molar-refractivity contribution is -0.143. The zero-order valence-electron chi connectivity index (χ0n) is 23.0. The maximum absolute atomic E-state index is 13.8. The first-order valence-corrected chi connectivity index (χ1v) is 13.6. The lowest BCUT2D eigenvalue weighted by atomic mass is 10.2. The van der Waals surface area contributed by atoms with Crippen molar-refractivity contribution in [1.82, 2.24) is 4.90 Å². The van der Waals surface area contributed by atoms with Crippen LogP contribution >= 0.6 is 7.75 Å². The fraction of sp³-hybridized carbons (Fsp3) is 0.818. The molecular formula is C22H42N3O11P. The number of rotatable bonds is 16. The van der Waals surface area contributed by atoms with Gasteiger partial charge in [0.25, 0.3) is 0 Å². The van der Waals surface area contributed by atoms with E-state index in [0.29, 0.717) is 12.8 Å². The van der Waals surface area contributed by atoms with Crippen LogP contribution in [-0.4, -0.2) is 75.1 Å². The maximum atomic E-state index is 13.8. The van der Waals surface area contributed by atoms with Gasteiger partial charge < -0.3 is 34.3 Å². The van der Waals surface area contributed by atoms with E-state index >= 15 is 0 Å². The van der Waals surface area contributed by atoms with Crippen molar-refractivity contribution < 1.29 is 51.7 Å². The lowest BCUT2D eigenvalue weighted by Gasteiger charge is -2.28. The summed E-state index contributed by atoms with van der Waals surface area (Å²) in [5.74, 6) is -2.09. The molecule has 0 amide bonds. The Morgan fingerprint density at radius 1 is 0.838 bits per heavy atom. The minimum Gasteiger partial charge on any atom is -0.465 e. The molecule has 0 spiro atoms. The van der Waals surface area contributed by atoms with Crippen LogP contribution in [0.5, 0.6) is 0 Å². The Morgan fingerprint density at radius 3 is 1.62 bits per heavy atom. The first kappa shape index (κ1) is 34.4. The van der Waals surface area contributed by atoms with Crippen molar-refractivity contribution in [2.75, 3.05) is 33.4 Å². The molecule has 15 heteroatoms. The molecule has 0 aromatic carbocycles. The third kappa shape index (κ3) is 14.7. The predicted octanol–water partition coefficient (Wildman–Crippen LogP) is 4.03. The molecule has 2 N–H and O–H groups in total. The van der Waals surface area contributed by atoms with Crippen LogP contribution in [0.4, 0.5) is 9.59 Å². The Morgan fingerprint density at radius 2 is 1.27 bits per heavy atom. The van der Waals surface area contributed by atoms with Crippen molar-refractivity contribution in [2.45, 2.75) is 73.9 Å². The zero-order valence-corrected chi connectivity index (χ0v) is 23.9. The molecule has 37 heavy (non-hydrogen) atoms. The van der Waals surface area contributed by atoms with Crippen molar-refractivity contribution in [3.63, 3.8) is 0 Å². The molecule has 0 radical (unpaired) electrons. The molecule has 0 aliphatic rings. The van der Waals surface area contributed by atoms with Crippen molar-refractivity contribution in [1.29, 1.82) is 0 Å². The normalized spacial score (nSPS) is 14.9. The molecule has 2 atom stereocenters. The Kier molecular flexibility index (Phi) is 16.6. The molecule has 216 valence electrons. The highest BCUT2D eigenvalue weighted by molar-refractivity contribution is 7.52. The topological polar surface area (TPSA) is 175 Å². The van der Waals surface area contributed by atoms with Gasteiger partial charge in [0.05, 0.1) is 19.8 Å². The van der Waals surface area contributed by atoms with Gasteiger partial charge in [0.15, 0.2) is 0 Å². The molecule has 0 aromatic rings. The largest absolute Gasteiger partial charge is 0.510 e. The van der Waals surface area contributed by atoms with E-state index in [0.717, 1.165) is 4.90 Å². The Balaban J connectivity index is 6.09. The van der Waals surface area contributed by atoms with Crippen LogP contribution in [0.25, 0.3) is 0 Å². The maximum Gasteiger partial charge on any atom is 0.510 e. The monoisotopic (exact) mass is 555 g/mol. The number of carbonyl (C=O) groups is 3. The molecule has 2 unspecified atom stereocenters. The summed E-state index contributed by atoms with van der Waals surface area (Å²) in [4.78, 5) is 37.0. The molecule has 0 saturated carbocycles. The van der Waals surface area contributed by atoms with E-state index in [-0.39, 0.29) is 26.4 Å². The lowest BCUT2D eigenvalue weighted by Crippen LogP contribution is -2.38. The number of guanidine groups is 1. The summed E-state index contributed by atoms with van der Waals surface area (Å²) in [6.07, 6.45) is -3.88. The Hall–Kier alpha value is -2.57. The smallest absolute Gasteiger partial charge is 0.465 e. The number of nitrogens with zero attached hydrogens (tertiary/aromatic N) is 2. The fourth-order valence-corrected chi connectivity index (χ4v) is 3.85. The van der Waals surface area contributed by atoms with Gasteiger partial charge in [-0.1, -0.05) is 41.5 Å². The van der Waals surface area contributed by atoms with Crippen molar-refractivity contribution in [2.24, 2.45) is 22.3 Å². The van der Waals surface area contributed by atoms with Gasteiger partial charge in [-0.05, 0) is 19.8 Å². The summed E-state index contributed by atoms with van der Waals surface area (Å²) in [6, 6.07) is 0. The number of hydrogen-bond donors (Lipinski definition) is 1. The van der Waals surface area contributed by atoms with Crippen molar-refractivity contribution in [3.05, 3.63) is 0 Å². The van der Waals surface area contributed by atoms with E-state index in [1.54, 1.807) is 48.5 Å². The zero-order chi connectivity index (χ0) is 28.6. The highest BCUT2D eigenvalue weighted by Gasteiger charge is 2.39. The van der Waals surface area contributed by atoms with Crippen molar-refractivity contribution >= 4 is 32.0 Å². The fourth-order valence-electron chi connectivity index (χ4n) is 2.20. The van der Waals surface area contributed by atoms with Gasteiger partial charge in [0.2, 0.25) is 18.5 Å². The standard InChI is InChI=1S/C22H42N3O11P/c1-9-12-31-21(27)33-18(15(4)5)35-37(29,24-20(23)25(8)14-17(26)30-11-3)36-19(16(6)7)34-22(28)32-13-10-2/h15-16,18-19H,9-14H2,1-8H3,(H2,23,24,29). The molecule has 0 bridgehead atoms. The summed E-state index contributed by atoms with van der Waals surface area (Å²) in [5, 5.41) is 0. The number of ether oxygens (including phenoxy) is 5. The Labute approximate surface area is 218 Å². The van der Waals surface area contributed by atoms with Gasteiger partial charge in [-0.3, -0.25) is 4.79 Å². The van der Waals surface area contributed by atoms with Crippen molar-refractivity contribution in [3.8, 4) is 0 Å². The van der Waals surface area contributed by atoms with Gasteiger partial charge in [-0.2, -0.15) is 0 Å². The van der Waals surface area contributed by atoms with Crippen LogP contribution in [0.15, 0.2) is 4.76 Å². The van der Waals surface area contributed by atoms with Gasteiger partial charge in [0, 0.05) is 18.9 Å². The average Bonchev–Trinajstić information content (AvgIpc) is 2.80. The molecule has 0 aromatic heterocycles. The first-order valence-electron chi connectivity index (χ1n) is 12.1. The first-order chi connectivity index (χ1) is 17.3. The second-order valence-electron chi connectivity index (χ2n) is 8.46. The molecule has 0 aliphatic carbocycles. The highest BCUT2D eigenvalue weighted by atomic mass is 31.2. The molecule has 0 heterocycles. The van der Waals surface area contributed by atoms with E-state index in [1.165, 1.54) is 7.05 Å². The van der Waals surface area contributed by atoms with Crippen LogP contribution in [0.2, 0.25) is 0 Å². The summed E-state index contributed by atoms with van der Waals surface area (Å²) >= 11 is 0. The van der Waals surface area contributed by atoms with E-state index in [9.17, 15) is 18.9 Å². The van der Waals surface area contributed by atoms with E-state index in [2.05, 4.69) is 4.76 Å². The second kappa shape index (κ2) is 17.8. The summed E-state index contributed by atoms with van der Waals surface area (Å²) in [6.45, 7) is 11.8. The Bertz CT molecular complexity index is 752. The van der Waals surface area contributed by atoms with E-state index < -0.39 is 56.4 Å². The second-order valence-corrected chi connectivity index (χ2v) is 10.0. The van der Waals surface area contributed by atoms with Crippen LogP contribution in [0, 0.1) is 11.8 Å². The molecule has 14 nitrogen and oxygen atoms in total. The number of carbonyl (C=O) groups excluding carboxylic acids is 3. The van der Waals surface area contributed by atoms with E-state index in [1.807, 2.05) is 0 Å². The number of esters is 1. The summed E-state index contributed by atoms with van der Waals surface area (Å²) in [7, 11) is -3.27. The van der Waals surface area contributed by atoms with Gasteiger partial charge in [-0.25, -0.2) is 23.2 Å². The third-order valence-corrected chi connectivity index (χ3v) is 5.52. The minimum absolute atomic E-state index is 0.102. The number of likely N-dealkylation sites (N-methyl/N-ethyl adjacent to an activating group) is 1. The number of hydrogen-bond acceptors (Lipinski definition) is 11. The highest BCUT2D eigenvalue weighted by Crippen LogP contribution is 2.54. The number of nitrogens with two attached hydrogens (primary N) is 1. The predicted molar refractivity (Wildman–Crippen MR) is 133 cm³/mol. The minimum atomic E-state index is -4.67. The van der Waals surface area contributed by atoms with Gasteiger partial charge >= 0.3 is 26.0 Å². The average molecular weight is 556 g/mol. The molecule has 0 rings (SSSR count). The van der Waals surface area contributed by atoms with Crippen LogP contribution in [0.3, 0.4) is 0 Å². The third-order valence-electron chi connectivity index (χ3n) is 4.12. The quantitative estimate of drug-likeness (QED) is 0.0722. The summed E-state index contributed by atoms with van der Waals surface area (Å²) < 4.78 is 53.8. The van der Waals surface area contributed by atoms with Crippen LogP contribution in [0.1, 0.15) is 61.3 Å². The molecule has 0 fully saturated rings. The molecule has 0 saturated heterocycles.